The van der Waals surface area contributed by atoms with Crippen molar-refractivity contribution in [1.29, 1.82) is 5.26 Å². The number of carbonyl (C=O) groups is 1. The second-order valence-corrected chi connectivity index (χ2v) is 8.32. The van der Waals surface area contributed by atoms with Gasteiger partial charge in [0, 0.05) is 36.3 Å². The number of hydrogen-bond acceptors (Lipinski definition) is 7. The molecule has 2 heterocycles. The third-order valence-corrected chi connectivity index (χ3v) is 5.12. The highest BCUT2D eigenvalue weighted by Gasteiger charge is 2.33. The van der Waals surface area contributed by atoms with Gasteiger partial charge < -0.3 is 25.4 Å². The highest BCUT2D eigenvalue weighted by molar-refractivity contribution is 5.66. The monoisotopic (exact) mass is 411 g/mol. The molecule has 2 aromatic rings. The van der Waals surface area contributed by atoms with Crippen LogP contribution in [0.5, 0.6) is 0 Å². The van der Waals surface area contributed by atoms with Gasteiger partial charge in [-0.1, -0.05) is 6.07 Å². The van der Waals surface area contributed by atoms with Crippen LogP contribution in [0.4, 0.5) is 21.0 Å². The van der Waals surface area contributed by atoms with E-state index in [1.165, 1.54) is 17.0 Å². The van der Waals surface area contributed by atoms with Gasteiger partial charge in [0.05, 0.1) is 11.3 Å². The molecule has 1 aromatic carbocycles. The molecule has 1 aliphatic heterocycles. The van der Waals surface area contributed by atoms with Crippen molar-refractivity contribution in [3.63, 3.8) is 0 Å². The van der Waals surface area contributed by atoms with Gasteiger partial charge in [-0.05, 0) is 45.7 Å². The standard InChI is InChI=1S/C21H25FN6O2/c1-21(2,3)28(20(29)30)15-5-4-8-27(12-15)18-10-17(25-19(24)26-18)13-6-7-14(11-23)16(22)9-13/h6-7,9-10,15H,4-5,8,12H2,1-3H3,(H,29,30)(H2,24,25,26)/p-1/t15-/m1/s1. The Morgan fingerprint density at radius 3 is 2.70 bits per heavy atom. The fourth-order valence-electron chi connectivity index (χ4n) is 3.87. The lowest BCUT2D eigenvalue weighted by atomic mass is 9.97. The van der Waals surface area contributed by atoms with E-state index in [2.05, 4.69) is 9.97 Å². The van der Waals surface area contributed by atoms with Crippen molar-refractivity contribution in [2.75, 3.05) is 23.7 Å². The Hall–Kier alpha value is -3.41. The zero-order valence-corrected chi connectivity index (χ0v) is 17.2. The second-order valence-electron chi connectivity index (χ2n) is 8.32. The van der Waals surface area contributed by atoms with Gasteiger partial charge in [-0.2, -0.15) is 10.2 Å². The Labute approximate surface area is 174 Å². The molecule has 0 saturated carbocycles. The molecule has 1 fully saturated rings. The maximum Gasteiger partial charge on any atom is 0.222 e. The molecule has 3 rings (SSSR count). The van der Waals surface area contributed by atoms with E-state index in [0.717, 1.165) is 12.8 Å². The number of nitrogens with zero attached hydrogens (tertiary/aromatic N) is 5. The first kappa shape index (κ1) is 21.3. The molecule has 0 radical (unpaired) electrons. The lowest BCUT2D eigenvalue weighted by molar-refractivity contribution is -0.273. The average Bonchev–Trinajstić information content (AvgIpc) is 2.66. The maximum atomic E-state index is 14.0. The Balaban J connectivity index is 1.92. The predicted octanol–water partition coefficient (Wildman–Crippen LogP) is 2.15. The van der Waals surface area contributed by atoms with Crippen LogP contribution in [0, 0.1) is 17.1 Å². The van der Waals surface area contributed by atoms with Gasteiger partial charge in [0.25, 0.3) is 0 Å². The third kappa shape index (κ3) is 4.43. The van der Waals surface area contributed by atoms with E-state index in [1.807, 2.05) is 25.7 Å². The molecule has 30 heavy (non-hydrogen) atoms. The molecule has 1 aliphatic rings. The molecule has 1 aromatic heterocycles. The number of anilines is 2. The summed E-state index contributed by atoms with van der Waals surface area (Å²) in [6.45, 7) is 6.62. The van der Waals surface area contributed by atoms with E-state index >= 15 is 0 Å². The number of aromatic nitrogens is 2. The number of benzene rings is 1. The van der Waals surface area contributed by atoms with Crippen molar-refractivity contribution in [3.8, 4) is 17.3 Å². The zero-order valence-electron chi connectivity index (χ0n) is 17.2. The predicted molar refractivity (Wildman–Crippen MR) is 109 cm³/mol. The summed E-state index contributed by atoms with van der Waals surface area (Å²) in [6, 6.07) is 7.45. The topological polar surface area (TPSA) is 122 Å². The van der Waals surface area contributed by atoms with E-state index < -0.39 is 17.4 Å². The molecular formula is C21H24FN6O2-. The van der Waals surface area contributed by atoms with Gasteiger partial charge in [-0.25, -0.2) is 9.37 Å². The molecular weight excluding hydrogens is 387 g/mol. The first-order chi connectivity index (χ1) is 14.1. The smallest absolute Gasteiger partial charge is 0.222 e. The van der Waals surface area contributed by atoms with Crippen molar-refractivity contribution in [1.82, 2.24) is 14.9 Å². The zero-order chi connectivity index (χ0) is 22.1. The molecule has 1 amide bonds. The summed E-state index contributed by atoms with van der Waals surface area (Å²) in [7, 11) is 0. The molecule has 0 unspecified atom stereocenters. The van der Waals surface area contributed by atoms with Gasteiger partial charge >= 0.3 is 0 Å². The minimum absolute atomic E-state index is 0.0296. The van der Waals surface area contributed by atoms with E-state index in [9.17, 15) is 14.3 Å². The van der Waals surface area contributed by atoms with Crippen LogP contribution in [-0.2, 0) is 0 Å². The van der Waals surface area contributed by atoms with Gasteiger partial charge in [0.1, 0.15) is 23.8 Å². The quantitative estimate of drug-likeness (QED) is 0.821. The number of hydrogen-bond donors (Lipinski definition) is 1. The van der Waals surface area contributed by atoms with Crippen LogP contribution in [0.15, 0.2) is 24.3 Å². The van der Waals surface area contributed by atoms with Crippen molar-refractivity contribution >= 4 is 17.9 Å². The molecule has 1 atom stereocenters. The van der Waals surface area contributed by atoms with Crippen LogP contribution in [0.25, 0.3) is 11.3 Å². The fraction of sp³-hybridized carbons (Fsp3) is 0.429. The average molecular weight is 411 g/mol. The first-order valence-electron chi connectivity index (χ1n) is 9.70. The first-order valence-corrected chi connectivity index (χ1v) is 9.70. The van der Waals surface area contributed by atoms with Gasteiger partial charge in [0.15, 0.2) is 0 Å². The van der Waals surface area contributed by atoms with Gasteiger partial charge in [-0.3, -0.25) is 0 Å². The van der Waals surface area contributed by atoms with Crippen LogP contribution in [-0.4, -0.2) is 45.6 Å². The molecule has 1 saturated heterocycles. The largest absolute Gasteiger partial charge is 0.530 e. The molecule has 158 valence electrons. The maximum absolute atomic E-state index is 14.0. The molecule has 8 nitrogen and oxygen atoms in total. The Kier molecular flexibility index (Phi) is 5.78. The fourth-order valence-corrected chi connectivity index (χ4v) is 3.87. The van der Waals surface area contributed by atoms with Gasteiger partial charge in [-0.15, -0.1) is 0 Å². The lowest BCUT2D eigenvalue weighted by Gasteiger charge is -2.47. The van der Waals surface area contributed by atoms with E-state index in [0.29, 0.717) is 30.2 Å². The number of nitrogen functional groups attached to an aromatic ring is 1. The Morgan fingerprint density at radius 1 is 1.37 bits per heavy atom. The SMILES string of the molecule is CC(C)(C)N(C(=O)[O-])[C@@H]1CCCN(c2cc(-c3ccc(C#N)c(F)c3)nc(N)n2)C1. The molecule has 9 heteroatoms. The Morgan fingerprint density at radius 2 is 2.10 bits per heavy atom. The minimum Gasteiger partial charge on any atom is -0.530 e. The number of rotatable bonds is 3. The van der Waals surface area contributed by atoms with E-state index in [-0.39, 0.29) is 17.6 Å². The number of carbonyl (C=O) groups excluding carboxylic acids is 1. The second kappa shape index (κ2) is 8.14. The minimum atomic E-state index is -1.20. The van der Waals surface area contributed by atoms with E-state index in [1.54, 1.807) is 18.2 Å². The number of piperidine rings is 1. The number of amides is 1. The highest BCUT2D eigenvalue weighted by Crippen LogP contribution is 2.29. The molecule has 0 bridgehead atoms. The van der Waals surface area contributed by atoms with Gasteiger partial charge in [0.2, 0.25) is 5.95 Å². The van der Waals surface area contributed by atoms with Crippen molar-refractivity contribution in [2.24, 2.45) is 0 Å². The molecule has 0 spiro atoms. The lowest BCUT2D eigenvalue weighted by Crippen LogP contribution is -2.60. The summed E-state index contributed by atoms with van der Waals surface area (Å²) in [5.74, 6) is -0.0670. The Bertz CT molecular complexity index is 998. The van der Waals surface area contributed by atoms with Crippen LogP contribution in [0.1, 0.15) is 39.2 Å². The summed E-state index contributed by atoms with van der Waals surface area (Å²) in [5.41, 5.74) is 6.15. The number of halogens is 1. The van der Waals surface area contributed by atoms with Crippen molar-refractivity contribution in [3.05, 3.63) is 35.6 Å². The summed E-state index contributed by atoms with van der Waals surface area (Å²) in [5, 5.41) is 20.7. The number of nitrogens with two attached hydrogens (primary N) is 1. The van der Waals surface area contributed by atoms with E-state index in [4.69, 9.17) is 11.0 Å². The summed E-state index contributed by atoms with van der Waals surface area (Å²) >= 11 is 0. The normalized spacial score (nSPS) is 16.8. The highest BCUT2D eigenvalue weighted by atomic mass is 19.1. The third-order valence-electron chi connectivity index (χ3n) is 5.12. The van der Waals surface area contributed by atoms with Crippen LogP contribution >= 0.6 is 0 Å². The van der Waals surface area contributed by atoms with Crippen LogP contribution < -0.4 is 15.7 Å². The van der Waals surface area contributed by atoms with Crippen LogP contribution in [0.2, 0.25) is 0 Å². The summed E-state index contributed by atoms with van der Waals surface area (Å²) < 4.78 is 14.0. The summed E-state index contributed by atoms with van der Waals surface area (Å²) in [6.07, 6.45) is 0.288. The van der Waals surface area contributed by atoms with Crippen LogP contribution in [0.3, 0.4) is 0 Å². The van der Waals surface area contributed by atoms with Crippen molar-refractivity contribution < 1.29 is 14.3 Å². The van der Waals surface area contributed by atoms with Crippen molar-refractivity contribution in [2.45, 2.75) is 45.2 Å². The number of carboxylic acid groups (broad SMARTS) is 1. The molecule has 0 aliphatic carbocycles. The molecule has 2 N–H and O–H groups in total. The summed E-state index contributed by atoms with van der Waals surface area (Å²) in [4.78, 5) is 23.6. The number of nitriles is 1.